The van der Waals surface area contributed by atoms with Crippen molar-refractivity contribution in [2.75, 3.05) is 11.9 Å². The highest BCUT2D eigenvalue weighted by molar-refractivity contribution is 7.18. The van der Waals surface area contributed by atoms with Gasteiger partial charge in [-0.3, -0.25) is 0 Å². The number of aryl methyl sites for hydroxylation is 1. The summed E-state index contributed by atoms with van der Waals surface area (Å²) in [5, 5.41) is 12.2. The quantitative estimate of drug-likeness (QED) is 0.793. The molecule has 0 amide bonds. The summed E-state index contributed by atoms with van der Waals surface area (Å²) in [7, 11) is 0. The van der Waals surface area contributed by atoms with Crippen LogP contribution in [0.4, 0.5) is 5.82 Å². The Kier molecular flexibility index (Phi) is 3.47. The van der Waals surface area contributed by atoms with Crippen molar-refractivity contribution in [3.05, 3.63) is 35.3 Å². The van der Waals surface area contributed by atoms with E-state index in [1.54, 1.807) is 17.4 Å². The lowest BCUT2D eigenvalue weighted by molar-refractivity contribution is 0.456. The Bertz CT molecular complexity index is 724. The van der Waals surface area contributed by atoms with Crippen molar-refractivity contribution in [2.45, 2.75) is 13.8 Å². The lowest BCUT2D eigenvalue weighted by Crippen LogP contribution is -2.00. The van der Waals surface area contributed by atoms with E-state index < -0.39 is 0 Å². The predicted octanol–water partition coefficient (Wildman–Crippen LogP) is 3.62. The lowest BCUT2D eigenvalue weighted by Gasteiger charge is -2.05. The lowest BCUT2D eigenvalue weighted by atomic mass is 10.3. The van der Waals surface area contributed by atoms with E-state index in [0.29, 0.717) is 11.6 Å². The van der Waals surface area contributed by atoms with E-state index >= 15 is 0 Å². The maximum Gasteiger partial charge on any atom is 0.238 e. The van der Waals surface area contributed by atoms with Gasteiger partial charge >= 0.3 is 0 Å². The third kappa shape index (κ3) is 2.70. The fourth-order valence-electron chi connectivity index (χ4n) is 1.86. The van der Waals surface area contributed by atoms with E-state index in [0.717, 1.165) is 27.6 Å². The van der Waals surface area contributed by atoms with Crippen LogP contribution >= 0.6 is 11.3 Å². The highest BCUT2D eigenvalue weighted by Gasteiger charge is 2.04. The maximum absolute atomic E-state index is 5.69. The summed E-state index contributed by atoms with van der Waals surface area (Å²) in [6.07, 6.45) is 0. The molecule has 0 saturated heterocycles. The van der Waals surface area contributed by atoms with Crippen LogP contribution in [0.25, 0.3) is 10.2 Å². The number of anilines is 1. The van der Waals surface area contributed by atoms with Crippen molar-refractivity contribution in [2.24, 2.45) is 0 Å². The van der Waals surface area contributed by atoms with E-state index in [-0.39, 0.29) is 0 Å². The summed E-state index contributed by atoms with van der Waals surface area (Å²) >= 11 is 1.67. The third-order valence-electron chi connectivity index (χ3n) is 2.69. The zero-order chi connectivity index (χ0) is 13.9. The molecule has 0 spiro atoms. The molecule has 2 heterocycles. The molecular formula is C14H14N4OS. The molecule has 0 aliphatic heterocycles. The summed E-state index contributed by atoms with van der Waals surface area (Å²) < 4.78 is 6.85. The number of ether oxygens (including phenoxy) is 1. The van der Waals surface area contributed by atoms with Crippen LogP contribution in [-0.2, 0) is 0 Å². The smallest absolute Gasteiger partial charge is 0.238 e. The maximum atomic E-state index is 5.69. The minimum Gasteiger partial charge on any atom is -0.437 e. The topological polar surface area (TPSA) is 59.9 Å². The number of thiazole rings is 1. The fraction of sp³-hybridized carbons (Fsp3) is 0.214. The average Bonchev–Trinajstić information content (AvgIpc) is 2.81. The molecule has 6 heteroatoms. The number of nitrogens with zero attached hydrogens (tertiary/aromatic N) is 3. The highest BCUT2D eigenvalue weighted by Crippen LogP contribution is 2.27. The van der Waals surface area contributed by atoms with E-state index in [9.17, 15) is 0 Å². The van der Waals surface area contributed by atoms with Gasteiger partial charge in [-0.15, -0.1) is 21.5 Å². The molecule has 20 heavy (non-hydrogen) atoms. The predicted molar refractivity (Wildman–Crippen MR) is 80.6 cm³/mol. The van der Waals surface area contributed by atoms with Gasteiger partial charge in [0.05, 0.1) is 15.2 Å². The molecule has 0 radical (unpaired) electrons. The van der Waals surface area contributed by atoms with Gasteiger partial charge in [0.15, 0.2) is 0 Å². The van der Waals surface area contributed by atoms with Crippen molar-refractivity contribution in [3.8, 4) is 11.6 Å². The van der Waals surface area contributed by atoms with Gasteiger partial charge in [-0.1, -0.05) is 0 Å². The Labute approximate surface area is 120 Å². The van der Waals surface area contributed by atoms with Crippen molar-refractivity contribution in [3.63, 3.8) is 0 Å². The minimum atomic E-state index is 0.470. The summed E-state index contributed by atoms with van der Waals surface area (Å²) in [6, 6.07) is 9.48. The Morgan fingerprint density at radius 2 is 2.10 bits per heavy atom. The second-order valence-corrected chi connectivity index (χ2v) is 5.49. The van der Waals surface area contributed by atoms with E-state index in [2.05, 4.69) is 20.5 Å². The van der Waals surface area contributed by atoms with Crippen LogP contribution in [-0.4, -0.2) is 21.7 Å². The summed E-state index contributed by atoms with van der Waals surface area (Å²) in [5.74, 6) is 1.93. The number of fused-ring (bicyclic) bond motifs is 1. The van der Waals surface area contributed by atoms with Gasteiger partial charge in [-0.05, 0) is 32.0 Å². The van der Waals surface area contributed by atoms with Crippen LogP contribution in [0.5, 0.6) is 11.6 Å². The Morgan fingerprint density at radius 3 is 2.85 bits per heavy atom. The molecule has 5 nitrogen and oxygen atoms in total. The normalized spacial score (nSPS) is 10.7. The van der Waals surface area contributed by atoms with Crippen LogP contribution in [0.1, 0.15) is 11.9 Å². The number of hydrogen-bond donors (Lipinski definition) is 1. The average molecular weight is 286 g/mol. The van der Waals surface area contributed by atoms with E-state index in [1.165, 1.54) is 0 Å². The molecule has 0 bridgehead atoms. The Morgan fingerprint density at radius 1 is 1.20 bits per heavy atom. The second-order valence-electron chi connectivity index (χ2n) is 4.25. The number of rotatable bonds is 4. The van der Waals surface area contributed by atoms with Gasteiger partial charge in [-0.25, -0.2) is 4.98 Å². The SMILES string of the molecule is CCNc1ccc(Oc2ccc3sc(C)nc3c2)nn1. The number of aromatic nitrogens is 3. The van der Waals surface area contributed by atoms with Crippen molar-refractivity contribution in [1.29, 1.82) is 0 Å². The molecule has 1 N–H and O–H groups in total. The summed E-state index contributed by atoms with van der Waals surface area (Å²) in [6.45, 7) is 4.82. The van der Waals surface area contributed by atoms with Crippen molar-refractivity contribution >= 4 is 27.4 Å². The zero-order valence-electron chi connectivity index (χ0n) is 11.3. The van der Waals surface area contributed by atoms with Crippen molar-refractivity contribution < 1.29 is 4.74 Å². The summed E-state index contributed by atoms with van der Waals surface area (Å²) in [4.78, 5) is 4.45. The second kappa shape index (κ2) is 5.42. The molecule has 0 aliphatic rings. The molecule has 0 unspecified atom stereocenters. The zero-order valence-corrected chi connectivity index (χ0v) is 12.1. The van der Waals surface area contributed by atoms with Crippen molar-refractivity contribution in [1.82, 2.24) is 15.2 Å². The standard InChI is InChI=1S/C14H14N4OS/c1-3-15-13-6-7-14(18-17-13)19-10-4-5-12-11(8-10)16-9(2)20-12/h4-8H,3H2,1-2H3,(H,15,17). The molecule has 0 atom stereocenters. The van der Waals surface area contributed by atoms with Crippen LogP contribution in [0, 0.1) is 6.92 Å². The van der Waals surface area contributed by atoms with Crippen LogP contribution in [0.15, 0.2) is 30.3 Å². The van der Waals surface area contributed by atoms with Gasteiger partial charge in [0, 0.05) is 18.7 Å². The first kappa shape index (κ1) is 12.8. The third-order valence-corrected chi connectivity index (χ3v) is 3.64. The van der Waals surface area contributed by atoms with Crippen LogP contribution in [0.2, 0.25) is 0 Å². The number of hydrogen-bond acceptors (Lipinski definition) is 6. The molecule has 3 aromatic rings. The Balaban J connectivity index is 1.81. The van der Waals surface area contributed by atoms with Gasteiger partial charge in [-0.2, -0.15) is 0 Å². The highest BCUT2D eigenvalue weighted by atomic mass is 32.1. The molecule has 0 fully saturated rings. The minimum absolute atomic E-state index is 0.470. The molecule has 102 valence electrons. The van der Waals surface area contributed by atoms with E-state index in [1.807, 2.05) is 38.1 Å². The van der Waals surface area contributed by atoms with Gasteiger partial charge in [0.1, 0.15) is 11.6 Å². The van der Waals surface area contributed by atoms with Gasteiger partial charge in [0.2, 0.25) is 5.88 Å². The molecule has 1 aromatic carbocycles. The molecule has 0 aliphatic carbocycles. The Hall–Kier alpha value is -2.21. The van der Waals surface area contributed by atoms with Gasteiger partial charge < -0.3 is 10.1 Å². The summed E-state index contributed by atoms with van der Waals surface area (Å²) in [5.41, 5.74) is 0.947. The van der Waals surface area contributed by atoms with Crippen LogP contribution in [0.3, 0.4) is 0 Å². The monoisotopic (exact) mass is 286 g/mol. The number of benzene rings is 1. The first-order valence-corrected chi connectivity index (χ1v) is 7.19. The first-order valence-electron chi connectivity index (χ1n) is 6.37. The molecule has 3 rings (SSSR count). The first-order chi connectivity index (χ1) is 9.74. The molecular weight excluding hydrogens is 272 g/mol. The van der Waals surface area contributed by atoms with Crippen LogP contribution < -0.4 is 10.1 Å². The van der Waals surface area contributed by atoms with E-state index in [4.69, 9.17) is 4.74 Å². The fourth-order valence-corrected chi connectivity index (χ4v) is 2.66. The van der Waals surface area contributed by atoms with Gasteiger partial charge in [0.25, 0.3) is 0 Å². The molecule has 2 aromatic heterocycles. The molecule has 0 saturated carbocycles. The number of nitrogens with one attached hydrogen (secondary N) is 1. The largest absolute Gasteiger partial charge is 0.437 e.